The molecule has 0 spiro atoms. The molecule has 0 radical (unpaired) electrons. The van der Waals surface area contributed by atoms with Crippen molar-refractivity contribution >= 4 is 29.1 Å². The van der Waals surface area contributed by atoms with Gasteiger partial charge in [-0.1, -0.05) is 34.1 Å². The van der Waals surface area contributed by atoms with Gasteiger partial charge in [0.2, 0.25) is 11.7 Å². The number of hydrogen-bond acceptors (Lipinski definition) is 9. The molecular weight excluding hydrogens is 436 g/mol. The summed E-state index contributed by atoms with van der Waals surface area (Å²) in [6.45, 7) is 2.43. The summed E-state index contributed by atoms with van der Waals surface area (Å²) in [5.41, 5.74) is 1.07. The van der Waals surface area contributed by atoms with E-state index in [0.29, 0.717) is 34.5 Å². The van der Waals surface area contributed by atoms with Gasteiger partial charge >= 0.3 is 0 Å². The predicted molar refractivity (Wildman–Crippen MR) is 113 cm³/mol. The number of carbonyl (C=O) groups is 2. The molecule has 1 saturated heterocycles. The van der Waals surface area contributed by atoms with Gasteiger partial charge in [-0.15, -0.1) is 0 Å². The topological polar surface area (TPSA) is 113 Å². The molecule has 2 aromatic carbocycles. The Morgan fingerprint density at radius 3 is 2.62 bits per heavy atom. The van der Waals surface area contributed by atoms with Crippen LogP contribution in [0.2, 0.25) is 5.02 Å². The third-order valence-corrected chi connectivity index (χ3v) is 5.47. The molecule has 1 fully saturated rings. The van der Waals surface area contributed by atoms with Crippen LogP contribution in [0.3, 0.4) is 0 Å². The highest BCUT2D eigenvalue weighted by Crippen LogP contribution is 2.33. The Bertz CT molecular complexity index is 1210. The van der Waals surface area contributed by atoms with Gasteiger partial charge < -0.3 is 9.26 Å². The number of nitrogens with zero attached hydrogens (tertiary/aromatic N) is 6. The average Bonchev–Trinajstić information content (AvgIpc) is 3.48. The van der Waals surface area contributed by atoms with E-state index in [-0.39, 0.29) is 12.4 Å². The Balaban J connectivity index is 1.34. The number of amides is 2. The molecule has 5 rings (SSSR count). The summed E-state index contributed by atoms with van der Waals surface area (Å²) >= 11 is 6.19. The second-order valence-corrected chi connectivity index (χ2v) is 7.53. The van der Waals surface area contributed by atoms with Crippen molar-refractivity contribution in [2.24, 2.45) is 10.3 Å². The number of hydrogen-bond donors (Lipinski definition) is 0. The van der Waals surface area contributed by atoms with Gasteiger partial charge in [-0.25, -0.2) is 4.90 Å². The summed E-state index contributed by atoms with van der Waals surface area (Å²) in [5, 5.41) is 13.8. The van der Waals surface area contributed by atoms with Gasteiger partial charge in [0.1, 0.15) is 12.3 Å². The summed E-state index contributed by atoms with van der Waals surface area (Å²) in [4.78, 5) is 31.4. The average molecular weight is 453 g/mol. The first-order chi connectivity index (χ1) is 15.6. The number of halogens is 1. The van der Waals surface area contributed by atoms with E-state index < -0.39 is 23.9 Å². The maximum absolute atomic E-state index is 13.1. The smallest absolute Gasteiger partial charge is 0.263 e. The summed E-state index contributed by atoms with van der Waals surface area (Å²) < 4.78 is 10.7. The molecule has 1 aromatic heterocycles. The first kappa shape index (κ1) is 20.1. The van der Waals surface area contributed by atoms with Crippen LogP contribution in [0.25, 0.3) is 11.4 Å². The van der Waals surface area contributed by atoms with Crippen molar-refractivity contribution in [1.29, 1.82) is 0 Å². The lowest BCUT2D eigenvalue weighted by molar-refractivity contribution is -0.123. The SMILES string of the molecule is CCOc1ccc(N2C(=O)C3N=NN(Cc4nc(-c5ccccc5Cl)no4)C3C2=O)cc1. The molecule has 2 aliphatic heterocycles. The first-order valence-corrected chi connectivity index (χ1v) is 10.3. The molecule has 11 heteroatoms. The molecule has 2 atom stereocenters. The molecule has 2 unspecified atom stereocenters. The number of benzene rings is 2. The number of imide groups is 1. The molecular formula is C21H17ClN6O4. The van der Waals surface area contributed by atoms with Gasteiger partial charge in [-0.05, 0) is 43.3 Å². The molecule has 3 heterocycles. The molecule has 0 N–H and O–H groups in total. The molecule has 32 heavy (non-hydrogen) atoms. The summed E-state index contributed by atoms with van der Waals surface area (Å²) in [6.07, 6.45) is 0. The van der Waals surface area contributed by atoms with E-state index in [2.05, 4.69) is 20.5 Å². The highest BCUT2D eigenvalue weighted by Gasteiger charge is 2.55. The lowest BCUT2D eigenvalue weighted by Crippen LogP contribution is -2.39. The van der Waals surface area contributed by atoms with Crippen LogP contribution in [-0.2, 0) is 16.1 Å². The first-order valence-electron chi connectivity index (χ1n) is 9.92. The fraction of sp³-hybridized carbons (Fsp3) is 0.238. The lowest BCUT2D eigenvalue weighted by Gasteiger charge is -2.19. The van der Waals surface area contributed by atoms with Gasteiger partial charge in [-0.3, -0.25) is 14.6 Å². The number of ether oxygens (including phenoxy) is 1. The van der Waals surface area contributed by atoms with Crippen molar-refractivity contribution in [3.05, 3.63) is 59.4 Å². The molecule has 10 nitrogen and oxygen atoms in total. The van der Waals surface area contributed by atoms with E-state index in [1.807, 2.05) is 13.0 Å². The maximum Gasteiger partial charge on any atom is 0.263 e. The van der Waals surface area contributed by atoms with Crippen molar-refractivity contribution in [3.63, 3.8) is 0 Å². The van der Waals surface area contributed by atoms with Gasteiger partial charge in [-0.2, -0.15) is 10.1 Å². The van der Waals surface area contributed by atoms with Gasteiger partial charge in [0.05, 0.1) is 17.3 Å². The zero-order chi connectivity index (χ0) is 22.2. The highest BCUT2D eigenvalue weighted by atomic mass is 35.5. The van der Waals surface area contributed by atoms with E-state index in [1.165, 1.54) is 5.01 Å². The minimum absolute atomic E-state index is 0.0260. The number of carbonyl (C=O) groups excluding carboxylic acids is 2. The zero-order valence-corrected chi connectivity index (χ0v) is 17.6. The van der Waals surface area contributed by atoms with Crippen molar-refractivity contribution in [1.82, 2.24) is 15.1 Å². The number of fused-ring (bicyclic) bond motifs is 1. The number of rotatable bonds is 6. The van der Waals surface area contributed by atoms with Crippen molar-refractivity contribution in [2.45, 2.75) is 25.6 Å². The van der Waals surface area contributed by atoms with Crippen molar-refractivity contribution in [2.75, 3.05) is 11.5 Å². The maximum atomic E-state index is 13.1. The van der Waals surface area contributed by atoms with Crippen LogP contribution in [0, 0.1) is 0 Å². The van der Waals surface area contributed by atoms with Gasteiger partial charge in [0.25, 0.3) is 11.8 Å². The Hall–Kier alpha value is -3.79. The Kier molecular flexibility index (Phi) is 5.06. The molecule has 0 bridgehead atoms. The Morgan fingerprint density at radius 2 is 1.88 bits per heavy atom. The van der Waals surface area contributed by atoms with Crippen LogP contribution in [0.4, 0.5) is 5.69 Å². The van der Waals surface area contributed by atoms with Crippen LogP contribution in [0.1, 0.15) is 12.8 Å². The Morgan fingerprint density at radius 1 is 1.09 bits per heavy atom. The predicted octanol–water partition coefficient (Wildman–Crippen LogP) is 3.28. The normalized spacial score (nSPS) is 19.7. The zero-order valence-electron chi connectivity index (χ0n) is 16.9. The van der Waals surface area contributed by atoms with Crippen LogP contribution < -0.4 is 9.64 Å². The summed E-state index contributed by atoms with van der Waals surface area (Å²) in [5.74, 6) is 0.350. The van der Waals surface area contributed by atoms with Gasteiger partial charge in [0, 0.05) is 5.56 Å². The van der Waals surface area contributed by atoms with E-state index >= 15 is 0 Å². The molecule has 162 valence electrons. The van der Waals surface area contributed by atoms with E-state index in [0.717, 1.165) is 4.90 Å². The second kappa shape index (κ2) is 8.04. The molecule has 3 aromatic rings. The fourth-order valence-electron chi connectivity index (χ4n) is 3.68. The third-order valence-electron chi connectivity index (χ3n) is 5.14. The molecule has 0 aliphatic carbocycles. The second-order valence-electron chi connectivity index (χ2n) is 7.12. The van der Waals surface area contributed by atoms with E-state index in [1.54, 1.807) is 42.5 Å². The largest absolute Gasteiger partial charge is 0.494 e. The molecule has 2 aliphatic rings. The van der Waals surface area contributed by atoms with E-state index in [4.69, 9.17) is 20.9 Å². The van der Waals surface area contributed by atoms with Crippen LogP contribution in [-0.4, -0.2) is 45.7 Å². The summed E-state index contributed by atoms with van der Waals surface area (Å²) in [6, 6.07) is 12.1. The number of aromatic nitrogens is 2. The standard InChI is InChI=1S/C21H17ClN6O4/c1-2-31-13-9-7-12(8-10-13)28-20(29)17-18(21(28)30)27(26-24-17)11-16-23-19(25-32-16)14-5-3-4-6-15(14)22/h3-10,17-18H,2,11H2,1H3. The molecule has 2 amide bonds. The number of anilines is 1. The minimum atomic E-state index is -0.917. The van der Waals surface area contributed by atoms with Crippen LogP contribution in [0.5, 0.6) is 5.75 Å². The van der Waals surface area contributed by atoms with E-state index in [9.17, 15) is 9.59 Å². The minimum Gasteiger partial charge on any atom is -0.494 e. The lowest BCUT2D eigenvalue weighted by atomic mass is 10.1. The third kappa shape index (κ3) is 3.38. The monoisotopic (exact) mass is 452 g/mol. The van der Waals surface area contributed by atoms with Crippen LogP contribution in [0.15, 0.2) is 63.4 Å². The fourth-order valence-corrected chi connectivity index (χ4v) is 3.90. The van der Waals surface area contributed by atoms with Gasteiger partial charge in [0.15, 0.2) is 12.1 Å². The molecule has 0 saturated carbocycles. The van der Waals surface area contributed by atoms with Crippen LogP contribution >= 0.6 is 11.6 Å². The Labute approximate surface area is 187 Å². The van der Waals surface area contributed by atoms with Crippen molar-refractivity contribution in [3.8, 4) is 17.1 Å². The summed E-state index contributed by atoms with van der Waals surface area (Å²) in [7, 11) is 0. The highest BCUT2D eigenvalue weighted by molar-refractivity contribution is 6.33. The van der Waals surface area contributed by atoms with Crippen molar-refractivity contribution < 1.29 is 18.8 Å². The quantitative estimate of drug-likeness (QED) is 0.527.